The number of aromatic nitrogens is 2. The maximum absolute atomic E-state index is 13.5. The van der Waals surface area contributed by atoms with E-state index in [1.807, 2.05) is 75.4 Å². The summed E-state index contributed by atoms with van der Waals surface area (Å²) in [4.78, 5) is 60.5. The van der Waals surface area contributed by atoms with E-state index in [9.17, 15) is 24.3 Å². The number of ether oxygens (including phenoxy) is 1. The van der Waals surface area contributed by atoms with Gasteiger partial charge < -0.3 is 26.2 Å². The van der Waals surface area contributed by atoms with E-state index in [0.717, 1.165) is 39.3 Å². The van der Waals surface area contributed by atoms with E-state index in [1.165, 1.54) is 37.0 Å². The number of thiophene rings is 1. The molecule has 276 valence electrons. The molecule has 11 nitrogen and oxygen atoms in total. The number of amides is 3. The highest BCUT2D eigenvalue weighted by Crippen LogP contribution is 2.29. The molecule has 0 aliphatic rings. The van der Waals surface area contributed by atoms with E-state index in [1.54, 1.807) is 18.5 Å². The number of carbonyl (C=O) groups is 4. The van der Waals surface area contributed by atoms with Crippen LogP contribution in [0.5, 0.6) is 5.75 Å². The molecular weight excluding hydrogens is 679 g/mol. The van der Waals surface area contributed by atoms with Crippen LogP contribution in [0.1, 0.15) is 92.8 Å². The molecule has 0 aliphatic carbocycles. The molecule has 0 fully saturated rings. The van der Waals surface area contributed by atoms with Crippen LogP contribution in [0.4, 0.5) is 0 Å². The lowest BCUT2D eigenvalue weighted by atomic mass is 9.95. The van der Waals surface area contributed by atoms with Gasteiger partial charge in [-0.25, -0.2) is 14.8 Å². The van der Waals surface area contributed by atoms with Gasteiger partial charge in [0.05, 0.1) is 11.5 Å². The molecule has 0 saturated heterocycles. The quantitative estimate of drug-likeness (QED) is 0.0773. The monoisotopic (exact) mass is 727 g/mol. The van der Waals surface area contributed by atoms with Crippen molar-refractivity contribution >= 4 is 35.0 Å². The molecule has 0 bridgehead atoms. The number of hydrogen-bond donors (Lipinski definition) is 4. The van der Waals surface area contributed by atoms with Crippen LogP contribution >= 0.6 is 11.3 Å². The number of unbranched alkanes of at least 4 members (excludes halogenated alkanes) is 4. The second-order valence-corrected chi connectivity index (χ2v) is 14.9. The molecule has 5 N–H and O–H groups in total. The van der Waals surface area contributed by atoms with E-state index in [-0.39, 0.29) is 24.7 Å². The van der Waals surface area contributed by atoms with Crippen LogP contribution in [0.15, 0.2) is 73.1 Å². The number of carboxylic acids is 1. The molecule has 2 aromatic heterocycles. The maximum atomic E-state index is 13.5. The Morgan fingerprint density at radius 1 is 0.827 bits per heavy atom. The highest BCUT2D eigenvalue weighted by molar-refractivity contribution is 7.14. The van der Waals surface area contributed by atoms with Gasteiger partial charge in [0.1, 0.15) is 17.8 Å². The highest BCUT2D eigenvalue weighted by atomic mass is 32.1. The summed E-state index contributed by atoms with van der Waals surface area (Å²) in [5.74, 6) is -1.77. The molecule has 2 aromatic carbocycles. The molecule has 0 unspecified atom stereocenters. The summed E-state index contributed by atoms with van der Waals surface area (Å²) in [6.45, 7) is 9.05. The van der Waals surface area contributed by atoms with E-state index in [2.05, 4.69) is 27.5 Å². The van der Waals surface area contributed by atoms with Gasteiger partial charge in [-0.05, 0) is 53.6 Å². The van der Waals surface area contributed by atoms with Crippen LogP contribution in [-0.4, -0.2) is 57.5 Å². The number of nitrogens with zero attached hydrogens (tertiary/aromatic N) is 2. The predicted octanol–water partition coefficient (Wildman–Crippen LogP) is 6.69. The summed E-state index contributed by atoms with van der Waals surface area (Å²) in [6, 6.07) is 16.3. The van der Waals surface area contributed by atoms with Crippen molar-refractivity contribution in [1.82, 2.24) is 20.6 Å². The SMILES string of the molecule is CCCCCCCOc1ccc(-c2cnc(-c3ccc(C[C@@H](NC(=O)c4ccc(C(C)(C)C)s4)C(=O)N[C@@H](CCC(N)=O)C(=O)O)cc3)nc2)cc1. The Morgan fingerprint density at radius 3 is 2.08 bits per heavy atom. The number of primary amides is 1. The minimum atomic E-state index is -1.35. The predicted molar refractivity (Wildman–Crippen MR) is 203 cm³/mol. The van der Waals surface area contributed by atoms with Gasteiger partial charge >= 0.3 is 5.97 Å². The number of aliphatic carboxylic acids is 1. The van der Waals surface area contributed by atoms with Crippen LogP contribution in [-0.2, 0) is 26.2 Å². The Bertz CT molecular complexity index is 1780. The topological polar surface area (TPSA) is 174 Å². The van der Waals surface area contributed by atoms with Crippen molar-refractivity contribution in [3.8, 4) is 28.3 Å². The fourth-order valence-electron chi connectivity index (χ4n) is 5.41. The van der Waals surface area contributed by atoms with Gasteiger partial charge in [-0.2, -0.15) is 0 Å². The Kier molecular flexibility index (Phi) is 14.5. The molecule has 4 rings (SSSR count). The third kappa shape index (κ3) is 12.0. The summed E-state index contributed by atoms with van der Waals surface area (Å²) in [7, 11) is 0. The van der Waals surface area contributed by atoms with E-state index >= 15 is 0 Å². The van der Waals surface area contributed by atoms with Gasteiger partial charge in [-0.1, -0.05) is 89.8 Å². The second kappa shape index (κ2) is 18.9. The van der Waals surface area contributed by atoms with Crippen LogP contribution < -0.4 is 21.1 Å². The molecule has 0 radical (unpaired) electrons. The first-order chi connectivity index (χ1) is 24.8. The molecular formula is C40H49N5O6S. The smallest absolute Gasteiger partial charge is 0.326 e. The Morgan fingerprint density at radius 2 is 1.48 bits per heavy atom. The molecule has 52 heavy (non-hydrogen) atoms. The number of nitrogens with two attached hydrogens (primary N) is 1. The first-order valence-corrected chi connectivity index (χ1v) is 18.5. The van der Waals surface area contributed by atoms with Gasteiger partial charge in [-0.3, -0.25) is 14.4 Å². The second-order valence-electron chi connectivity index (χ2n) is 13.8. The van der Waals surface area contributed by atoms with Crippen molar-refractivity contribution in [2.24, 2.45) is 5.73 Å². The van der Waals surface area contributed by atoms with Gasteiger partial charge in [-0.15, -0.1) is 11.3 Å². The third-order valence-electron chi connectivity index (χ3n) is 8.49. The molecule has 2 heterocycles. The number of carboxylic acid groups (broad SMARTS) is 1. The normalized spacial score (nSPS) is 12.5. The molecule has 0 saturated carbocycles. The fraction of sp³-hybridized carbons (Fsp3) is 0.400. The lowest BCUT2D eigenvalue weighted by Crippen LogP contribution is -2.52. The minimum Gasteiger partial charge on any atom is -0.494 e. The lowest BCUT2D eigenvalue weighted by molar-refractivity contribution is -0.142. The van der Waals surface area contributed by atoms with Gasteiger partial charge in [0.25, 0.3) is 5.91 Å². The molecule has 4 aromatic rings. The van der Waals surface area contributed by atoms with E-state index in [4.69, 9.17) is 10.5 Å². The molecule has 12 heteroatoms. The number of nitrogens with one attached hydrogen (secondary N) is 2. The number of benzene rings is 2. The van der Waals surface area contributed by atoms with Gasteiger partial charge in [0, 0.05) is 41.2 Å². The Labute approximate surface area is 309 Å². The van der Waals surface area contributed by atoms with Crippen LogP contribution in [0, 0.1) is 0 Å². The lowest BCUT2D eigenvalue weighted by Gasteiger charge is -2.21. The zero-order valence-electron chi connectivity index (χ0n) is 30.3. The fourth-order valence-corrected chi connectivity index (χ4v) is 6.38. The molecule has 0 aliphatic heterocycles. The molecule has 3 amide bonds. The number of carbonyl (C=O) groups excluding carboxylic acids is 3. The van der Waals surface area contributed by atoms with E-state index < -0.39 is 35.8 Å². The zero-order valence-corrected chi connectivity index (χ0v) is 31.1. The standard InChI is InChI=1S/C40H49N5O6S/c1-5-6-7-8-9-22-51-30-16-14-27(15-17-30)29-24-42-36(43-25-29)28-12-10-26(11-13-28)23-32(37(47)44-31(39(49)50)18-21-35(41)46)45-38(48)33-19-20-34(52-33)40(2,3)4/h10-17,19-20,24-25,31-32H,5-9,18,21-23H2,1-4H3,(H2,41,46)(H,44,47)(H,45,48)(H,49,50)/t31-,32+/m0/s1. The van der Waals surface area contributed by atoms with Gasteiger partial charge in [0.15, 0.2) is 5.82 Å². The van der Waals surface area contributed by atoms with Crippen molar-refractivity contribution in [2.75, 3.05) is 6.61 Å². The van der Waals surface area contributed by atoms with Crippen molar-refractivity contribution in [3.63, 3.8) is 0 Å². The summed E-state index contributed by atoms with van der Waals surface area (Å²) >= 11 is 1.33. The highest BCUT2D eigenvalue weighted by Gasteiger charge is 2.28. The van der Waals surface area contributed by atoms with Crippen molar-refractivity contribution in [1.29, 1.82) is 0 Å². The van der Waals surface area contributed by atoms with Crippen LogP contribution in [0.3, 0.4) is 0 Å². The average Bonchev–Trinajstić information content (AvgIpc) is 3.64. The number of hydrogen-bond acceptors (Lipinski definition) is 8. The largest absolute Gasteiger partial charge is 0.494 e. The summed E-state index contributed by atoms with van der Waals surface area (Å²) in [6.07, 6.45) is 9.17. The molecule has 0 spiro atoms. The maximum Gasteiger partial charge on any atom is 0.326 e. The van der Waals surface area contributed by atoms with Crippen LogP contribution in [0.2, 0.25) is 0 Å². The Balaban J connectivity index is 1.43. The average molecular weight is 728 g/mol. The van der Waals surface area contributed by atoms with Crippen molar-refractivity contribution in [3.05, 3.63) is 88.4 Å². The minimum absolute atomic E-state index is 0.0792. The molecule has 2 atom stereocenters. The first-order valence-electron chi connectivity index (χ1n) is 17.7. The summed E-state index contributed by atoms with van der Waals surface area (Å²) in [5.41, 5.74) is 8.36. The van der Waals surface area contributed by atoms with E-state index in [0.29, 0.717) is 17.3 Å². The summed E-state index contributed by atoms with van der Waals surface area (Å²) < 4.78 is 5.88. The summed E-state index contributed by atoms with van der Waals surface area (Å²) in [5, 5.41) is 14.9. The Hall–Kier alpha value is -5.10. The first kappa shape index (κ1) is 39.7. The number of rotatable bonds is 19. The van der Waals surface area contributed by atoms with Gasteiger partial charge in [0.2, 0.25) is 11.8 Å². The van der Waals surface area contributed by atoms with Crippen molar-refractivity contribution in [2.45, 2.75) is 96.6 Å². The van der Waals surface area contributed by atoms with Crippen molar-refractivity contribution < 1.29 is 29.0 Å². The van der Waals surface area contributed by atoms with Crippen LogP contribution in [0.25, 0.3) is 22.5 Å². The third-order valence-corrected chi connectivity index (χ3v) is 10.0. The zero-order chi connectivity index (χ0) is 37.7.